The second-order valence-corrected chi connectivity index (χ2v) is 7.89. The quantitative estimate of drug-likeness (QED) is 0.406. The number of benzene rings is 1. The van der Waals surface area contributed by atoms with Gasteiger partial charge in [-0.15, -0.1) is 0 Å². The summed E-state index contributed by atoms with van der Waals surface area (Å²) in [5, 5.41) is 20.7. The second-order valence-electron chi connectivity index (χ2n) is 7.89. The fourth-order valence-electron chi connectivity index (χ4n) is 4.36. The molecular formula is C25H21N4NaO3. The summed E-state index contributed by atoms with van der Waals surface area (Å²) in [7, 11) is 0. The van der Waals surface area contributed by atoms with Gasteiger partial charge in [0.05, 0.1) is 16.8 Å². The molecule has 0 bridgehead atoms. The minimum Gasteiger partial charge on any atom is -0.550 e. The molecule has 0 amide bonds. The molecule has 3 aromatic heterocycles. The summed E-state index contributed by atoms with van der Waals surface area (Å²) in [6.07, 6.45) is 4.72. The molecule has 8 heteroatoms. The van der Waals surface area contributed by atoms with Crippen molar-refractivity contribution in [3.8, 4) is 22.5 Å². The molecule has 0 saturated heterocycles. The van der Waals surface area contributed by atoms with Gasteiger partial charge in [-0.2, -0.15) is 10.2 Å². The number of aromatic nitrogens is 4. The maximum Gasteiger partial charge on any atom is 1.00 e. The van der Waals surface area contributed by atoms with Crippen molar-refractivity contribution in [2.45, 2.75) is 32.1 Å². The van der Waals surface area contributed by atoms with Crippen molar-refractivity contribution < 1.29 is 39.5 Å². The van der Waals surface area contributed by atoms with Crippen LogP contribution in [0, 0.1) is 0 Å². The zero-order valence-corrected chi connectivity index (χ0v) is 20.4. The van der Waals surface area contributed by atoms with Gasteiger partial charge in [-0.3, -0.25) is 4.79 Å². The first kappa shape index (κ1) is 23.2. The van der Waals surface area contributed by atoms with Gasteiger partial charge < -0.3 is 9.90 Å². The standard InChI is InChI=1S/C25H22N4O3.Na/c30-22-14-13-19(26-29(22)20-11-5-4-10-18(20)16-23(31)32)24-21-12-6-7-15-28(21)27-25(24)17-8-2-1-3-9-17;/h1-3,6-9,12-15H,4-5,10-11,16H2,(H,31,32);/q;+1/p-1. The average molecular weight is 448 g/mol. The van der Waals surface area contributed by atoms with Crippen molar-refractivity contribution in [1.82, 2.24) is 19.4 Å². The van der Waals surface area contributed by atoms with E-state index in [1.807, 2.05) is 54.7 Å². The smallest absolute Gasteiger partial charge is 0.550 e. The number of pyridine rings is 1. The van der Waals surface area contributed by atoms with Gasteiger partial charge >= 0.3 is 29.6 Å². The predicted molar refractivity (Wildman–Crippen MR) is 119 cm³/mol. The molecule has 33 heavy (non-hydrogen) atoms. The zero-order chi connectivity index (χ0) is 22.1. The summed E-state index contributed by atoms with van der Waals surface area (Å²) in [5.41, 5.74) is 5.12. The van der Waals surface area contributed by atoms with Crippen LogP contribution in [0.3, 0.4) is 0 Å². The summed E-state index contributed by atoms with van der Waals surface area (Å²) >= 11 is 0. The largest absolute Gasteiger partial charge is 1.00 e. The fourth-order valence-corrected chi connectivity index (χ4v) is 4.36. The number of allylic oxidation sites excluding steroid dienone is 1. The Morgan fingerprint density at radius 1 is 0.939 bits per heavy atom. The minimum absolute atomic E-state index is 0. The molecule has 0 aliphatic heterocycles. The number of nitrogens with zero attached hydrogens (tertiary/aromatic N) is 4. The van der Waals surface area contributed by atoms with Crippen molar-refractivity contribution in [2.24, 2.45) is 0 Å². The molecule has 160 valence electrons. The molecule has 0 saturated carbocycles. The molecule has 1 aliphatic rings. The summed E-state index contributed by atoms with van der Waals surface area (Å²) in [6, 6.07) is 18.8. The summed E-state index contributed by atoms with van der Waals surface area (Å²) in [4.78, 5) is 24.0. The normalized spacial score (nSPS) is 13.7. The Morgan fingerprint density at radius 3 is 2.48 bits per heavy atom. The predicted octanol–water partition coefficient (Wildman–Crippen LogP) is 0.154. The molecule has 7 nitrogen and oxygen atoms in total. The fraction of sp³-hybridized carbons (Fsp3) is 0.200. The number of carbonyl (C=O) groups excluding carboxylic acids is 1. The van der Waals surface area contributed by atoms with E-state index in [1.54, 1.807) is 10.6 Å². The Bertz CT molecular complexity index is 1410. The van der Waals surface area contributed by atoms with Crippen LogP contribution in [0.1, 0.15) is 32.1 Å². The first-order valence-corrected chi connectivity index (χ1v) is 10.7. The third kappa shape index (κ3) is 4.57. The number of carboxylic acids is 1. The number of carbonyl (C=O) groups is 1. The number of fused-ring (bicyclic) bond motifs is 1. The molecule has 0 radical (unpaired) electrons. The van der Waals surface area contributed by atoms with Crippen LogP contribution in [0.15, 0.2) is 77.2 Å². The number of aliphatic carboxylic acids is 1. The van der Waals surface area contributed by atoms with E-state index in [4.69, 9.17) is 10.2 Å². The maximum atomic E-state index is 12.8. The Hall–Kier alpha value is -3.00. The molecule has 3 heterocycles. The molecule has 0 unspecified atom stereocenters. The molecular weight excluding hydrogens is 427 g/mol. The van der Waals surface area contributed by atoms with Gasteiger partial charge in [0.2, 0.25) is 0 Å². The first-order chi connectivity index (χ1) is 15.6. The van der Waals surface area contributed by atoms with Crippen LogP contribution in [0.4, 0.5) is 0 Å². The van der Waals surface area contributed by atoms with Crippen molar-refractivity contribution in [3.05, 3.63) is 82.8 Å². The third-order valence-electron chi connectivity index (χ3n) is 5.81. The van der Waals surface area contributed by atoms with Crippen LogP contribution in [0.2, 0.25) is 0 Å². The van der Waals surface area contributed by atoms with E-state index in [-0.39, 0.29) is 41.5 Å². The third-order valence-corrected chi connectivity index (χ3v) is 5.81. The minimum atomic E-state index is -1.14. The van der Waals surface area contributed by atoms with Crippen molar-refractivity contribution in [3.63, 3.8) is 0 Å². The number of carboxylic acid groups (broad SMARTS) is 1. The zero-order valence-electron chi connectivity index (χ0n) is 18.4. The summed E-state index contributed by atoms with van der Waals surface area (Å²) in [6.45, 7) is 0. The van der Waals surface area contributed by atoms with Gasteiger partial charge in [-0.05, 0) is 49.5 Å². The van der Waals surface area contributed by atoms with E-state index in [0.717, 1.165) is 35.2 Å². The van der Waals surface area contributed by atoms with E-state index in [2.05, 4.69) is 0 Å². The van der Waals surface area contributed by atoms with E-state index in [0.29, 0.717) is 29.8 Å². The number of hydrogen-bond acceptors (Lipinski definition) is 5. The molecule has 0 N–H and O–H groups in total. The Morgan fingerprint density at radius 2 is 1.70 bits per heavy atom. The van der Waals surface area contributed by atoms with Gasteiger partial charge in [-0.1, -0.05) is 36.4 Å². The van der Waals surface area contributed by atoms with Crippen LogP contribution in [-0.2, 0) is 4.79 Å². The molecule has 0 spiro atoms. The number of hydrogen-bond donors (Lipinski definition) is 0. The Balaban J connectivity index is 0.00000259. The van der Waals surface area contributed by atoms with E-state index in [9.17, 15) is 14.7 Å². The van der Waals surface area contributed by atoms with E-state index >= 15 is 0 Å². The van der Waals surface area contributed by atoms with E-state index in [1.165, 1.54) is 10.7 Å². The van der Waals surface area contributed by atoms with Crippen LogP contribution in [0.25, 0.3) is 33.7 Å². The topological polar surface area (TPSA) is 92.3 Å². The van der Waals surface area contributed by atoms with Crippen molar-refractivity contribution in [2.75, 3.05) is 0 Å². The Labute approximate surface area is 212 Å². The molecule has 5 rings (SSSR count). The molecule has 0 fully saturated rings. The summed E-state index contributed by atoms with van der Waals surface area (Å²) < 4.78 is 3.17. The van der Waals surface area contributed by atoms with Gasteiger partial charge in [0.25, 0.3) is 5.56 Å². The second kappa shape index (κ2) is 9.87. The SMILES string of the molecule is O=C([O-])CC1=C(n2nc(-c3c(-c4ccccc4)nn4ccccc34)ccc2=O)CCCC1.[Na+]. The average Bonchev–Trinajstić information content (AvgIpc) is 3.20. The molecule has 4 aromatic rings. The van der Waals surface area contributed by atoms with Crippen LogP contribution < -0.4 is 40.2 Å². The molecule has 1 aliphatic carbocycles. The van der Waals surface area contributed by atoms with Gasteiger partial charge in [0, 0.05) is 35.9 Å². The maximum absolute atomic E-state index is 12.8. The van der Waals surface area contributed by atoms with Gasteiger partial charge in [0.15, 0.2) is 0 Å². The Kier molecular flexibility index (Phi) is 6.93. The summed E-state index contributed by atoms with van der Waals surface area (Å²) in [5.74, 6) is -1.14. The molecule has 1 aromatic carbocycles. The monoisotopic (exact) mass is 448 g/mol. The van der Waals surface area contributed by atoms with E-state index < -0.39 is 5.97 Å². The van der Waals surface area contributed by atoms with Gasteiger partial charge in [0.1, 0.15) is 5.69 Å². The van der Waals surface area contributed by atoms with Gasteiger partial charge in [-0.25, -0.2) is 9.20 Å². The van der Waals surface area contributed by atoms with Crippen molar-refractivity contribution >= 4 is 17.2 Å². The van der Waals surface area contributed by atoms with Crippen molar-refractivity contribution in [1.29, 1.82) is 0 Å². The van der Waals surface area contributed by atoms with Crippen LogP contribution in [0.5, 0.6) is 0 Å². The number of rotatable bonds is 5. The first-order valence-electron chi connectivity index (χ1n) is 10.7. The molecule has 0 atom stereocenters. The van der Waals surface area contributed by atoms with Crippen LogP contribution >= 0.6 is 0 Å². The van der Waals surface area contributed by atoms with Crippen LogP contribution in [-0.4, -0.2) is 25.4 Å².